The van der Waals surface area contributed by atoms with Crippen molar-refractivity contribution in [1.82, 2.24) is 0 Å². The van der Waals surface area contributed by atoms with E-state index < -0.39 is 12.6 Å². The maximum atomic E-state index is 12.2. The molecule has 70 valence electrons. The zero-order valence-electron chi connectivity index (χ0n) is 6.96. The molecule has 1 aromatic rings. The quantitative estimate of drug-likeness (QED) is 0.695. The summed E-state index contributed by atoms with van der Waals surface area (Å²) in [6.07, 6.45) is -0.0865. The number of nitrogen functional groups attached to an aromatic ring is 1. The van der Waals surface area contributed by atoms with Gasteiger partial charge in [0.1, 0.15) is 6.67 Å². The Morgan fingerprint density at radius 3 is 2.69 bits per heavy atom. The SMILES string of the molecule is Nc1cc(CC(=O)O)ccc1CF. The average molecular weight is 183 g/mol. The van der Waals surface area contributed by atoms with Crippen molar-refractivity contribution in [2.24, 2.45) is 0 Å². The predicted molar refractivity (Wildman–Crippen MR) is 47.0 cm³/mol. The van der Waals surface area contributed by atoms with Crippen LogP contribution >= 0.6 is 0 Å². The van der Waals surface area contributed by atoms with Crippen LogP contribution in [0.1, 0.15) is 11.1 Å². The summed E-state index contributed by atoms with van der Waals surface area (Å²) >= 11 is 0. The summed E-state index contributed by atoms with van der Waals surface area (Å²) in [5.74, 6) is -0.924. The smallest absolute Gasteiger partial charge is 0.307 e. The van der Waals surface area contributed by atoms with E-state index in [2.05, 4.69) is 0 Å². The Morgan fingerprint density at radius 1 is 1.54 bits per heavy atom. The minimum atomic E-state index is -0.924. The molecule has 0 aliphatic heterocycles. The number of halogens is 1. The number of carbonyl (C=O) groups is 1. The van der Waals surface area contributed by atoms with E-state index in [1.54, 1.807) is 6.07 Å². The van der Waals surface area contributed by atoms with Gasteiger partial charge >= 0.3 is 5.97 Å². The monoisotopic (exact) mass is 183 g/mol. The lowest BCUT2D eigenvalue weighted by Crippen LogP contribution is -2.01. The lowest BCUT2D eigenvalue weighted by molar-refractivity contribution is -0.136. The maximum absolute atomic E-state index is 12.2. The number of hydrogen-bond donors (Lipinski definition) is 2. The number of aliphatic carboxylic acids is 1. The van der Waals surface area contributed by atoms with E-state index >= 15 is 0 Å². The minimum absolute atomic E-state index is 0.0865. The van der Waals surface area contributed by atoms with Gasteiger partial charge in [-0.2, -0.15) is 0 Å². The van der Waals surface area contributed by atoms with Crippen LogP contribution in [0.4, 0.5) is 10.1 Å². The molecule has 0 radical (unpaired) electrons. The van der Waals surface area contributed by atoms with E-state index in [4.69, 9.17) is 10.8 Å². The van der Waals surface area contributed by atoms with E-state index in [-0.39, 0.29) is 6.42 Å². The molecule has 13 heavy (non-hydrogen) atoms. The molecule has 0 saturated carbocycles. The van der Waals surface area contributed by atoms with Crippen LogP contribution in [0.3, 0.4) is 0 Å². The Kier molecular flexibility index (Phi) is 2.84. The molecule has 0 bridgehead atoms. The molecule has 0 atom stereocenters. The zero-order valence-corrected chi connectivity index (χ0v) is 6.96. The van der Waals surface area contributed by atoms with Crippen LogP contribution in [0.15, 0.2) is 18.2 Å². The Morgan fingerprint density at radius 2 is 2.23 bits per heavy atom. The van der Waals surface area contributed by atoms with Gasteiger partial charge in [0.15, 0.2) is 0 Å². The van der Waals surface area contributed by atoms with Gasteiger partial charge in [-0.05, 0) is 11.6 Å². The predicted octanol–water partition coefficient (Wildman–Crippen LogP) is 1.37. The Bertz CT molecular complexity index is 325. The number of hydrogen-bond acceptors (Lipinski definition) is 2. The molecule has 0 fully saturated rings. The van der Waals surface area contributed by atoms with Crippen LogP contribution in [0.25, 0.3) is 0 Å². The molecule has 0 aliphatic carbocycles. The first kappa shape index (κ1) is 9.51. The molecule has 0 aromatic heterocycles. The van der Waals surface area contributed by atoms with E-state index in [1.165, 1.54) is 12.1 Å². The van der Waals surface area contributed by atoms with Crippen molar-refractivity contribution in [1.29, 1.82) is 0 Å². The average Bonchev–Trinajstić information content (AvgIpc) is 2.03. The summed E-state index contributed by atoms with van der Waals surface area (Å²) in [4.78, 5) is 10.3. The van der Waals surface area contributed by atoms with E-state index in [0.29, 0.717) is 16.8 Å². The number of carboxylic acids is 1. The van der Waals surface area contributed by atoms with Gasteiger partial charge in [-0.15, -0.1) is 0 Å². The number of nitrogens with two attached hydrogens (primary N) is 1. The van der Waals surface area contributed by atoms with Crippen molar-refractivity contribution in [3.05, 3.63) is 29.3 Å². The maximum Gasteiger partial charge on any atom is 0.307 e. The molecule has 0 heterocycles. The first-order valence-electron chi connectivity index (χ1n) is 3.78. The summed E-state index contributed by atoms with van der Waals surface area (Å²) in [5.41, 5.74) is 6.76. The summed E-state index contributed by atoms with van der Waals surface area (Å²) in [6.45, 7) is -0.626. The van der Waals surface area contributed by atoms with Gasteiger partial charge in [0.05, 0.1) is 6.42 Å². The first-order valence-corrected chi connectivity index (χ1v) is 3.78. The molecule has 1 rings (SSSR count). The van der Waals surface area contributed by atoms with Crippen LogP contribution in [0, 0.1) is 0 Å². The van der Waals surface area contributed by atoms with Crippen molar-refractivity contribution in [2.45, 2.75) is 13.1 Å². The van der Waals surface area contributed by atoms with Crippen LogP contribution < -0.4 is 5.73 Å². The third kappa shape index (κ3) is 2.43. The Balaban J connectivity index is 2.89. The highest BCUT2D eigenvalue weighted by atomic mass is 19.1. The second-order valence-corrected chi connectivity index (χ2v) is 2.74. The van der Waals surface area contributed by atoms with Crippen molar-refractivity contribution < 1.29 is 14.3 Å². The van der Waals surface area contributed by atoms with Crippen LogP contribution in [-0.4, -0.2) is 11.1 Å². The molecule has 4 heteroatoms. The minimum Gasteiger partial charge on any atom is -0.481 e. The summed E-state index contributed by atoms with van der Waals surface area (Å²) in [5, 5.41) is 8.47. The lowest BCUT2D eigenvalue weighted by Gasteiger charge is -2.03. The van der Waals surface area contributed by atoms with Gasteiger partial charge in [-0.25, -0.2) is 4.39 Å². The highest BCUT2D eigenvalue weighted by molar-refractivity contribution is 5.71. The van der Waals surface area contributed by atoms with Crippen LogP contribution in [-0.2, 0) is 17.9 Å². The van der Waals surface area contributed by atoms with Gasteiger partial charge < -0.3 is 10.8 Å². The van der Waals surface area contributed by atoms with Gasteiger partial charge in [-0.3, -0.25) is 4.79 Å². The van der Waals surface area contributed by atoms with Gasteiger partial charge in [0.2, 0.25) is 0 Å². The number of rotatable bonds is 3. The fourth-order valence-electron chi connectivity index (χ4n) is 1.05. The molecule has 3 nitrogen and oxygen atoms in total. The summed E-state index contributed by atoms with van der Waals surface area (Å²) in [6, 6.07) is 4.57. The Labute approximate surface area is 75.0 Å². The van der Waals surface area contributed by atoms with E-state index in [9.17, 15) is 9.18 Å². The standard InChI is InChI=1S/C9H10FNO2/c10-5-7-2-1-6(3-8(7)11)4-9(12)13/h1-3H,4-5,11H2,(H,12,13). The number of alkyl halides is 1. The number of carboxylic acid groups (broad SMARTS) is 1. The molecule has 0 amide bonds. The Hall–Kier alpha value is -1.58. The number of benzene rings is 1. The normalized spacial score (nSPS) is 9.92. The molecule has 0 spiro atoms. The summed E-state index contributed by atoms with van der Waals surface area (Å²) < 4.78 is 12.2. The lowest BCUT2D eigenvalue weighted by atomic mass is 10.1. The van der Waals surface area contributed by atoms with Crippen molar-refractivity contribution in [2.75, 3.05) is 5.73 Å². The van der Waals surface area contributed by atoms with Gasteiger partial charge in [-0.1, -0.05) is 12.1 Å². The fourth-order valence-corrected chi connectivity index (χ4v) is 1.05. The van der Waals surface area contributed by atoms with Crippen molar-refractivity contribution in [3.63, 3.8) is 0 Å². The second kappa shape index (κ2) is 3.89. The second-order valence-electron chi connectivity index (χ2n) is 2.74. The van der Waals surface area contributed by atoms with Gasteiger partial charge in [0, 0.05) is 11.3 Å². The third-order valence-corrected chi connectivity index (χ3v) is 1.71. The molecular weight excluding hydrogens is 173 g/mol. The summed E-state index contributed by atoms with van der Waals surface area (Å²) in [7, 11) is 0. The van der Waals surface area contributed by atoms with E-state index in [0.717, 1.165) is 0 Å². The molecule has 0 aliphatic rings. The topological polar surface area (TPSA) is 63.3 Å². The number of anilines is 1. The van der Waals surface area contributed by atoms with Crippen LogP contribution in [0.2, 0.25) is 0 Å². The van der Waals surface area contributed by atoms with Crippen molar-refractivity contribution in [3.8, 4) is 0 Å². The fraction of sp³-hybridized carbons (Fsp3) is 0.222. The highest BCUT2D eigenvalue weighted by Crippen LogP contribution is 2.15. The van der Waals surface area contributed by atoms with Gasteiger partial charge in [0.25, 0.3) is 0 Å². The zero-order chi connectivity index (χ0) is 9.84. The molecule has 0 unspecified atom stereocenters. The van der Waals surface area contributed by atoms with E-state index in [1.807, 2.05) is 0 Å². The van der Waals surface area contributed by atoms with Crippen LogP contribution in [0.5, 0.6) is 0 Å². The molecule has 3 N–H and O–H groups in total. The molecule has 0 saturated heterocycles. The van der Waals surface area contributed by atoms with Crippen molar-refractivity contribution >= 4 is 11.7 Å². The largest absolute Gasteiger partial charge is 0.481 e. The highest BCUT2D eigenvalue weighted by Gasteiger charge is 2.03. The first-order chi connectivity index (χ1) is 6.13. The molecule has 1 aromatic carbocycles. The third-order valence-electron chi connectivity index (χ3n) is 1.71. The molecular formula is C9H10FNO2.